The van der Waals surface area contributed by atoms with Crippen LogP contribution in [0.4, 0.5) is 11.4 Å². The number of ether oxygens (including phenoxy) is 2. The zero-order valence-electron chi connectivity index (χ0n) is 15.0. The lowest BCUT2D eigenvalue weighted by Gasteiger charge is -2.27. The summed E-state index contributed by atoms with van der Waals surface area (Å²) < 4.78 is 38.8. The van der Waals surface area contributed by atoms with E-state index in [1.165, 1.54) is 36.7 Å². The van der Waals surface area contributed by atoms with Gasteiger partial charge in [-0.1, -0.05) is 6.07 Å². The van der Waals surface area contributed by atoms with Crippen LogP contribution in [0.2, 0.25) is 0 Å². The Labute approximate surface area is 157 Å². The third-order valence-corrected chi connectivity index (χ3v) is 6.34. The summed E-state index contributed by atoms with van der Waals surface area (Å²) in [6.07, 6.45) is 2.09. The average molecular weight is 392 g/mol. The normalized spacial score (nSPS) is 14.2. The molecule has 0 atom stereocenters. The van der Waals surface area contributed by atoms with Crippen molar-refractivity contribution in [1.29, 1.82) is 0 Å². The van der Waals surface area contributed by atoms with Gasteiger partial charge in [0.2, 0.25) is 0 Å². The van der Waals surface area contributed by atoms with E-state index in [4.69, 9.17) is 9.47 Å². The Balaban J connectivity index is 2.20. The first-order chi connectivity index (χ1) is 12.9. The van der Waals surface area contributed by atoms with Gasteiger partial charge in [0.25, 0.3) is 15.7 Å². The van der Waals surface area contributed by atoms with Crippen molar-refractivity contribution in [2.75, 3.05) is 25.1 Å². The van der Waals surface area contributed by atoms with Crippen molar-refractivity contribution in [2.24, 2.45) is 0 Å². The molecule has 0 radical (unpaired) electrons. The van der Waals surface area contributed by atoms with Crippen LogP contribution in [0.3, 0.4) is 0 Å². The molecule has 1 aliphatic heterocycles. The number of anilines is 1. The molecule has 2 aromatic rings. The second-order valence-electron chi connectivity index (χ2n) is 6.09. The second kappa shape index (κ2) is 7.43. The van der Waals surface area contributed by atoms with E-state index in [0.29, 0.717) is 30.0 Å². The summed E-state index contributed by atoms with van der Waals surface area (Å²) in [4.78, 5) is 10.3. The first-order valence-corrected chi connectivity index (χ1v) is 9.85. The van der Waals surface area contributed by atoms with Gasteiger partial charge in [-0.25, -0.2) is 8.42 Å². The average Bonchev–Trinajstić information content (AvgIpc) is 2.91. The zero-order valence-corrected chi connectivity index (χ0v) is 15.9. The number of nitro groups is 1. The number of non-ortho nitro benzene ring substituents is 1. The van der Waals surface area contributed by atoms with Crippen LogP contribution in [0.25, 0.3) is 0 Å². The van der Waals surface area contributed by atoms with Gasteiger partial charge < -0.3 is 9.47 Å². The lowest BCUT2D eigenvalue weighted by atomic mass is 10.1. The van der Waals surface area contributed by atoms with Crippen LogP contribution >= 0.6 is 0 Å². The van der Waals surface area contributed by atoms with Crippen LogP contribution in [0.15, 0.2) is 41.3 Å². The maximum absolute atomic E-state index is 13.4. The zero-order chi connectivity index (χ0) is 19.6. The summed E-state index contributed by atoms with van der Waals surface area (Å²) in [5.74, 6) is 1.01. The smallest absolute Gasteiger partial charge is 0.270 e. The number of hydrogen-bond donors (Lipinski definition) is 0. The molecule has 0 spiro atoms. The maximum Gasteiger partial charge on any atom is 0.270 e. The molecule has 0 saturated carbocycles. The van der Waals surface area contributed by atoms with E-state index < -0.39 is 14.9 Å². The number of nitrogens with zero attached hydrogens (tertiary/aromatic N) is 2. The summed E-state index contributed by atoms with van der Waals surface area (Å²) in [5.41, 5.74) is 0.910. The highest BCUT2D eigenvalue weighted by Gasteiger charge is 2.33. The van der Waals surface area contributed by atoms with Gasteiger partial charge in [0.15, 0.2) is 0 Å². The highest BCUT2D eigenvalue weighted by atomic mass is 32.2. The molecule has 1 aliphatic rings. The number of hydrogen-bond acceptors (Lipinski definition) is 6. The second-order valence-corrected chi connectivity index (χ2v) is 7.95. The molecule has 0 unspecified atom stereocenters. The van der Waals surface area contributed by atoms with Gasteiger partial charge in [-0.05, 0) is 37.5 Å². The highest BCUT2D eigenvalue weighted by molar-refractivity contribution is 7.92. The summed E-state index contributed by atoms with van der Waals surface area (Å²) in [5, 5.41) is 11.1. The van der Waals surface area contributed by atoms with Crippen LogP contribution in [0, 0.1) is 10.1 Å². The molecule has 0 fully saturated rings. The van der Waals surface area contributed by atoms with E-state index in [1.807, 2.05) is 0 Å². The molecule has 0 aromatic heterocycles. The molecule has 27 heavy (non-hydrogen) atoms. The lowest BCUT2D eigenvalue weighted by Crippen LogP contribution is -2.32. The lowest BCUT2D eigenvalue weighted by molar-refractivity contribution is -0.385. The van der Waals surface area contributed by atoms with Crippen LogP contribution in [0.5, 0.6) is 11.5 Å². The number of benzene rings is 2. The van der Waals surface area contributed by atoms with Crippen molar-refractivity contribution in [2.45, 2.75) is 24.2 Å². The van der Waals surface area contributed by atoms with E-state index in [-0.39, 0.29) is 17.1 Å². The van der Waals surface area contributed by atoms with Crippen molar-refractivity contribution in [3.8, 4) is 11.5 Å². The Kier molecular flexibility index (Phi) is 5.22. The molecule has 1 heterocycles. The van der Waals surface area contributed by atoms with Gasteiger partial charge in [-0.3, -0.25) is 14.4 Å². The molecule has 3 rings (SSSR count). The fourth-order valence-electron chi connectivity index (χ4n) is 3.26. The van der Waals surface area contributed by atoms with E-state index in [1.54, 1.807) is 12.1 Å². The van der Waals surface area contributed by atoms with Crippen molar-refractivity contribution in [1.82, 2.24) is 0 Å². The van der Waals surface area contributed by atoms with Crippen molar-refractivity contribution < 1.29 is 22.8 Å². The van der Waals surface area contributed by atoms with Crippen molar-refractivity contribution in [3.05, 3.63) is 52.1 Å². The molecule has 0 N–H and O–H groups in total. The quantitative estimate of drug-likeness (QED) is 0.573. The maximum atomic E-state index is 13.4. The third-order valence-electron chi connectivity index (χ3n) is 4.55. The minimum Gasteiger partial charge on any atom is -0.496 e. The van der Waals surface area contributed by atoms with Crippen LogP contribution in [0.1, 0.15) is 18.4 Å². The Morgan fingerprint density at radius 3 is 2.44 bits per heavy atom. The fraction of sp³-hybridized carbons (Fsp3) is 0.333. The van der Waals surface area contributed by atoms with Gasteiger partial charge in [0.1, 0.15) is 17.2 Å². The van der Waals surface area contributed by atoms with Crippen LogP contribution < -0.4 is 13.8 Å². The van der Waals surface area contributed by atoms with E-state index >= 15 is 0 Å². The number of rotatable bonds is 5. The Hall–Kier alpha value is -2.81. The predicted molar refractivity (Wildman–Crippen MR) is 100 cm³/mol. The van der Waals surface area contributed by atoms with E-state index in [9.17, 15) is 18.5 Å². The fourth-order valence-corrected chi connectivity index (χ4v) is 4.85. The molecule has 0 amide bonds. The number of nitro benzene ring substituents is 1. The first-order valence-electron chi connectivity index (χ1n) is 8.41. The van der Waals surface area contributed by atoms with Gasteiger partial charge in [-0.15, -0.1) is 0 Å². The molecule has 0 bridgehead atoms. The predicted octanol–water partition coefficient (Wildman–Crippen LogP) is 3.14. The Morgan fingerprint density at radius 2 is 1.78 bits per heavy atom. The molecule has 0 aliphatic carbocycles. The molecule has 2 aromatic carbocycles. The monoisotopic (exact) mass is 392 g/mol. The Morgan fingerprint density at radius 1 is 1.07 bits per heavy atom. The largest absolute Gasteiger partial charge is 0.496 e. The number of sulfonamides is 1. The van der Waals surface area contributed by atoms with Crippen molar-refractivity contribution >= 4 is 21.4 Å². The summed E-state index contributed by atoms with van der Waals surface area (Å²) >= 11 is 0. The molecular weight excluding hydrogens is 372 g/mol. The van der Waals surface area contributed by atoms with E-state index in [0.717, 1.165) is 18.1 Å². The van der Waals surface area contributed by atoms with Gasteiger partial charge in [-0.2, -0.15) is 0 Å². The van der Waals surface area contributed by atoms with Crippen LogP contribution in [-0.4, -0.2) is 34.1 Å². The van der Waals surface area contributed by atoms with Gasteiger partial charge >= 0.3 is 0 Å². The highest BCUT2D eigenvalue weighted by Crippen LogP contribution is 2.43. The summed E-state index contributed by atoms with van der Waals surface area (Å²) in [6.45, 7) is 0.252. The topological polar surface area (TPSA) is 99.0 Å². The molecule has 144 valence electrons. The van der Waals surface area contributed by atoms with Gasteiger partial charge in [0, 0.05) is 24.2 Å². The minimum absolute atomic E-state index is 0.130. The first kappa shape index (κ1) is 19.0. The van der Waals surface area contributed by atoms with Crippen molar-refractivity contribution in [3.63, 3.8) is 0 Å². The van der Waals surface area contributed by atoms with Crippen LogP contribution in [-0.2, 0) is 16.4 Å². The number of fused-ring (bicyclic) bond motifs is 1. The van der Waals surface area contributed by atoms with Gasteiger partial charge in [0.05, 0.1) is 24.0 Å². The Bertz CT molecular complexity index is 974. The standard InChI is InChI=1S/C18H20N2O6S/c1-25-16-9-10-17(26-2)18-15(16)8-3-4-11-19(18)27(23,24)14-7-5-6-13(12-14)20(21)22/h5-7,9-10,12H,3-4,8,11H2,1-2H3. The molecule has 8 nitrogen and oxygen atoms in total. The summed E-state index contributed by atoms with van der Waals surface area (Å²) in [7, 11) is -1.01. The summed E-state index contributed by atoms with van der Waals surface area (Å²) in [6, 6.07) is 8.48. The van der Waals surface area contributed by atoms with E-state index in [2.05, 4.69) is 0 Å². The minimum atomic E-state index is -4.02. The number of methoxy groups -OCH3 is 2. The molecule has 0 saturated heterocycles. The molecular formula is C18H20N2O6S. The SMILES string of the molecule is COc1ccc(OC)c2c1CCCCN2S(=O)(=O)c1cccc([N+](=O)[O-])c1. The molecule has 9 heteroatoms. The third kappa shape index (κ3) is 3.42.